The highest BCUT2D eigenvalue weighted by atomic mass is 16.5. The average Bonchev–Trinajstić information content (AvgIpc) is 2.79. The third kappa shape index (κ3) is 5.36. The fourth-order valence-electron chi connectivity index (χ4n) is 2.79. The van der Waals surface area contributed by atoms with Crippen molar-refractivity contribution in [2.45, 2.75) is 64.5 Å². The zero-order valence-corrected chi connectivity index (χ0v) is 11.7. The molecule has 2 atom stereocenters. The van der Waals surface area contributed by atoms with Gasteiger partial charge < -0.3 is 15.2 Å². The maximum atomic E-state index is 9.43. The van der Waals surface area contributed by atoms with Gasteiger partial charge in [-0.25, -0.2) is 0 Å². The molecule has 1 saturated carbocycles. The third-order valence-corrected chi connectivity index (χ3v) is 3.78. The summed E-state index contributed by atoms with van der Waals surface area (Å²) in [6.07, 6.45) is 6.48. The summed E-state index contributed by atoms with van der Waals surface area (Å²) in [7, 11) is 0. The highest BCUT2D eigenvalue weighted by Gasteiger charge is 2.25. The Balaban J connectivity index is 2.24. The molecule has 1 fully saturated rings. The second kappa shape index (κ2) is 7.34. The van der Waals surface area contributed by atoms with Crippen LogP contribution in [0.25, 0.3) is 0 Å². The summed E-state index contributed by atoms with van der Waals surface area (Å²) in [4.78, 5) is 0. The van der Waals surface area contributed by atoms with Crippen LogP contribution in [-0.2, 0) is 4.74 Å². The van der Waals surface area contributed by atoms with Crippen LogP contribution in [0.3, 0.4) is 0 Å². The van der Waals surface area contributed by atoms with Crippen LogP contribution in [0.15, 0.2) is 0 Å². The first-order valence-electron chi connectivity index (χ1n) is 7.07. The molecule has 0 saturated heterocycles. The molecular formula is C14H29NO2. The highest BCUT2D eigenvalue weighted by Crippen LogP contribution is 2.25. The first kappa shape index (κ1) is 14.9. The van der Waals surface area contributed by atoms with Gasteiger partial charge >= 0.3 is 0 Å². The van der Waals surface area contributed by atoms with Gasteiger partial charge in [0.2, 0.25) is 0 Å². The largest absolute Gasteiger partial charge is 0.394 e. The molecule has 3 heteroatoms. The lowest BCUT2D eigenvalue weighted by Gasteiger charge is -2.31. The lowest BCUT2D eigenvalue weighted by molar-refractivity contribution is 0.0114. The summed E-state index contributed by atoms with van der Waals surface area (Å²) < 4.78 is 5.92. The number of rotatable bonds is 8. The Labute approximate surface area is 106 Å². The summed E-state index contributed by atoms with van der Waals surface area (Å²) in [6.45, 7) is 8.18. The first-order valence-corrected chi connectivity index (χ1v) is 7.07. The Hall–Kier alpha value is -0.120. The normalized spacial score (nSPS) is 22.6. The summed E-state index contributed by atoms with van der Waals surface area (Å²) in [5, 5.41) is 12.8. The maximum Gasteiger partial charge on any atom is 0.0611 e. The molecule has 2 N–H and O–H groups in total. The predicted octanol–water partition coefficient (Wildman–Crippen LogP) is 2.33. The molecule has 0 aromatic carbocycles. The molecule has 0 spiro atoms. The zero-order valence-electron chi connectivity index (χ0n) is 11.7. The van der Waals surface area contributed by atoms with E-state index in [-0.39, 0.29) is 18.2 Å². The Kier molecular flexibility index (Phi) is 6.45. The van der Waals surface area contributed by atoms with Gasteiger partial charge in [0, 0.05) is 12.1 Å². The Morgan fingerprint density at radius 1 is 1.41 bits per heavy atom. The fraction of sp³-hybridized carbons (Fsp3) is 1.00. The van der Waals surface area contributed by atoms with Crippen LogP contribution < -0.4 is 5.32 Å². The minimum absolute atomic E-state index is 0.165. The van der Waals surface area contributed by atoms with Gasteiger partial charge in [0.15, 0.2) is 0 Å². The topological polar surface area (TPSA) is 41.5 Å². The summed E-state index contributed by atoms with van der Waals surface area (Å²) >= 11 is 0. The molecule has 0 amide bonds. The number of aliphatic hydroxyl groups excluding tert-OH is 1. The number of ether oxygens (including phenoxy) is 1. The van der Waals surface area contributed by atoms with Crippen LogP contribution in [-0.4, -0.2) is 36.5 Å². The second-order valence-corrected chi connectivity index (χ2v) is 5.75. The van der Waals surface area contributed by atoms with Crippen molar-refractivity contribution in [2.75, 3.05) is 19.8 Å². The number of likely N-dealkylation sites (N-methyl/N-ethyl adjacent to an activating group) is 1. The van der Waals surface area contributed by atoms with E-state index in [9.17, 15) is 5.11 Å². The second-order valence-electron chi connectivity index (χ2n) is 5.75. The van der Waals surface area contributed by atoms with Gasteiger partial charge in [-0.3, -0.25) is 0 Å². The van der Waals surface area contributed by atoms with E-state index < -0.39 is 0 Å². The molecule has 0 aromatic heterocycles. The van der Waals surface area contributed by atoms with E-state index in [0.717, 1.165) is 25.5 Å². The summed E-state index contributed by atoms with van der Waals surface area (Å²) in [5.74, 6) is 0.775. The average molecular weight is 243 g/mol. The van der Waals surface area contributed by atoms with Crippen molar-refractivity contribution in [2.24, 2.45) is 5.92 Å². The van der Waals surface area contributed by atoms with Crippen LogP contribution in [0.1, 0.15) is 52.9 Å². The smallest absolute Gasteiger partial charge is 0.0611 e. The highest BCUT2D eigenvalue weighted by molar-refractivity contribution is 4.84. The molecule has 0 aliphatic heterocycles. The van der Waals surface area contributed by atoms with Crippen molar-refractivity contribution >= 4 is 0 Å². The molecule has 1 rings (SSSR count). The maximum absolute atomic E-state index is 9.43. The minimum Gasteiger partial charge on any atom is -0.394 e. The van der Waals surface area contributed by atoms with Crippen molar-refractivity contribution in [3.8, 4) is 0 Å². The van der Waals surface area contributed by atoms with E-state index in [0.29, 0.717) is 0 Å². The summed E-state index contributed by atoms with van der Waals surface area (Å²) in [5.41, 5.74) is -0.205. The number of hydrogen-bond acceptors (Lipinski definition) is 3. The van der Waals surface area contributed by atoms with Gasteiger partial charge in [0.25, 0.3) is 0 Å². The lowest BCUT2D eigenvalue weighted by atomic mass is 9.95. The Bertz CT molecular complexity index is 204. The van der Waals surface area contributed by atoms with E-state index >= 15 is 0 Å². The molecule has 1 aliphatic carbocycles. The molecular weight excluding hydrogens is 214 g/mol. The predicted molar refractivity (Wildman–Crippen MR) is 71.2 cm³/mol. The van der Waals surface area contributed by atoms with Gasteiger partial charge in [-0.15, -0.1) is 0 Å². The van der Waals surface area contributed by atoms with E-state index in [1.165, 1.54) is 25.7 Å². The van der Waals surface area contributed by atoms with E-state index in [4.69, 9.17) is 4.74 Å². The molecule has 1 aliphatic rings. The van der Waals surface area contributed by atoms with Crippen LogP contribution >= 0.6 is 0 Å². The van der Waals surface area contributed by atoms with Crippen molar-refractivity contribution in [1.82, 2.24) is 5.32 Å². The quantitative estimate of drug-likeness (QED) is 0.687. The molecule has 2 unspecified atom stereocenters. The Morgan fingerprint density at radius 3 is 2.59 bits per heavy atom. The van der Waals surface area contributed by atoms with Crippen LogP contribution in [0.4, 0.5) is 0 Å². The third-order valence-electron chi connectivity index (χ3n) is 3.78. The van der Waals surface area contributed by atoms with Gasteiger partial charge in [-0.2, -0.15) is 0 Å². The lowest BCUT2D eigenvalue weighted by Crippen LogP contribution is -2.48. The molecule has 3 nitrogen and oxygen atoms in total. The molecule has 0 heterocycles. The van der Waals surface area contributed by atoms with Crippen molar-refractivity contribution in [3.05, 3.63) is 0 Å². The fourth-order valence-corrected chi connectivity index (χ4v) is 2.79. The molecule has 0 aromatic rings. The van der Waals surface area contributed by atoms with Crippen molar-refractivity contribution in [3.63, 3.8) is 0 Å². The van der Waals surface area contributed by atoms with E-state index in [2.05, 4.69) is 26.1 Å². The van der Waals surface area contributed by atoms with Crippen molar-refractivity contribution < 1.29 is 9.84 Å². The number of hydrogen-bond donors (Lipinski definition) is 2. The van der Waals surface area contributed by atoms with E-state index in [1.54, 1.807) is 0 Å². The monoisotopic (exact) mass is 243 g/mol. The van der Waals surface area contributed by atoms with Gasteiger partial charge in [0.05, 0.1) is 12.7 Å². The van der Waals surface area contributed by atoms with Crippen LogP contribution in [0.5, 0.6) is 0 Å². The summed E-state index contributed by atoms with van der Waals surface area (Å²) in [6, 6.07) is 0. The van der Waals surface area contributed by atoms with Crippen molar-refractivity contribution in [1.29, 1.82) is 0 Å². The standard InChI is InChI=1S/C14H29NO2/c1-4-15-14(3,11-16)9-12(2)17-10-13-7-5-6-8-13/h12-13,15-16H,4-11H2,1-3H3. The van der Waals surface area contributed by atoms with Gasteiger partial charge in [-0.1, -0.05) is 19.8 Å². The van der Waals surface area contributed by atoms with Crippen LogP contribution in [0.2, 0.25) is 0 Å². The van der Waals surface area contributed by atoms with Crippen LogP contribution in [0, 0.1) is 5.92 Å². The van der Waals surface area contributed by atoms with Gasteiger partial charge in [0.1, 0.15) is 0 Å². The molecule has 17 heavy (non-hydrogen) atoms. The minimum atomic E-state index is -0.205. The van der Waals surface area contributed by atoms with Gasteiger partial charge in [-0.05, 0) is 45.6 Å². The number of nitrogens with one attached hydrogen (secondary N) is 1. The molecule has 0 bridgehead atoms. The molecule has 0 radical (unpaired) electrons. The SMILES string of the molecule is CCNC(C)(CO)CC(C)OCC1CCCC1. The Morgan fingerprint density at radius 2 is 2.06 bits per heavy atom. The zero-order chi connectivity index (χ0) is 12.7. The number of aliphatic hydroxyl groups is 1. The first-order chi connectivity index (χ1) is 8.09. The molecule has 102 valence electrons. The van der Waals surface area contributed by atoms with E-state index in [1.807, 2.05) is 0 Å².